The van der Waals surface area contributed by atoms with Crippen LogP contribution in [0.4, 0.5) is 11.4 Å². The lowest BCUT2D eigenvalue weighted by atomic mass is 10.2. The third-order valence-electron chi connectivity index (χ3n) is 2.60. The highest BCUT2D eigenvalue weighted by Gasteiger charge is 2.10. The second-order valence-electron chi connectivity index (χ2n) is 4.07. The molecule has 0 fully saturated rings. The number of anilines is 2. The molecular weight excluding hydrogens is 344 g/mol. The number of rotatable bonds is 3. The van der Waals surface area contributed by atoms with E-state index >= 15 is 0 Å². The summed E-state index contributed by atoms with van der Waals surface area (Å²) in [5, 5.41) is 3.19. The van der Waals surface area contributed by atoms with Crippen molar-refractivity contribution in [1.29, 1.82) is 0 Å². The minimum atomic E-state index is -0.298. The number of methoxy groups -OCH3 is 1. The van der Waals surface area contributed by atoms with E-state index < -0.39 is 0 Å². The minimum absolute atomic E-state index is 0.298. The SMILES string of the molecule is COc1ccc(Br)c(NC(=O)c2cc(N)cc(Cl)c2)c1. The molecule has 1 amide bonds. The summed E-state index contributed by atoms with van der Waals surface area (Å²) in [6.07, 6.45) is 0. The lowest BCUT2D eigenvalue weighted by molar-refractivity contribution is 0.102. The van der Waals surface area contributed by atoms with Gasteiger partial charge >= 0.3 is 0 Å². The first-order valence-electron chi connectivity index (χ1n) is 5.70. The number of benzene rings is 2. The van der Waals surface area contributed by atoms with Crippen molar-refractivity contribution in [1.82, 2.24) is 0 Å². The van der Waals surface area contributed by atoms with E-state index in [4.69, 9.17) is 22.1 Å². The smallest absolute Gasteiger partial charge is 0.255 e. The molecule has 0 radical (unpaired) electrons. The van der Waals surface area contributed by atoms with Gasteiger partial charge in [-0.3, -0.25) is 4.79 Å². The Kier molecular flexibility index (Phi) is 4.52. The first-order chi connectivity index (χ1) is 9.49. The van der Waals surface area contributed by atoms with Crippen molar-refractivity contribution in [3.63, 3.8) is 0 Å². The minimum Gasteiger partial charge on any atom is -0.497 e. The van der Waals surface area contributed by atoms with Gasteiger partial charge in [0.1, 0.15) is 5.75 Å². The molecule has 104 valence electrons. The van der Waals surface area contributed by atoms with E-state index in [9.17, 15) is 4.79 Å². The number of carbonyl (C=O) groups excluding carboxylic acids is 1. The molecule has 0 aliphatic rings. The van der Waals surface area contributed by atoms with Gasteiger partial charge in [0, 0.05) is 26.8 Å². The Morgan fingerprint density at radius 1 is 1.30 bits per heavy atom. The molecule has 0 saturated heterocycles. The van der Waals surface area contributed by atoms with Crippen molar-refractivity contribution >= 4 is 44.8 Å². The van der Waals surface area contributed by atoms with Gasteiger partial charge in [0.2, 0.25) is 0 Å². The summed E-state index contributed by atoms with van der Waals surface area (Å²) in [6.45, 7) is 0. The topological polar surface area (TPSA) is 64.3 Å². The molecule has 0 heterocycles. The molecule has 4 nitrogen and oxygen atoms in total. The Bertz CT molecular complexity index is 641. The predicted molar refractivity (Wildman–Crippen MR) is 84.5 cm³/mol. The molecule has 6 heteroatoms. The highest BCUT2D eigenvalue weighted by atomic mass is 79.9. The Morgan fingerprint density at radius 3 is 2.70 bits per heavy atom. The third kappa shape index (κ3) is 3.43. The van der Waals surface area contributed by atoms with Crippen molar-refractivity contribution < 1.29 is 9.53 Å². The fourth-order valence-electron chi connectivity index (χ4n) is 1.67. The quantitative estimate of drug-likeness (QED) is 0.820. The maximum atomic E-state index is 12.2. The highest BCUT2D eigenvalue weighted by Crippen LogP contribution is 2.28. The Balaban J connectivity index is 2.27. The number of hydrogen-bond donors (Lipinski definition) is 2. The molecule has 0 aliphatic carbocycles. The van der Waals surface area contributed by atoms with Crippen LogP contribution >= 0.6 is 27.5 Å². The average Bonchev–Trinajstić information content (AvgIpc) is 2.40. The lowest BCUT2D eigenvalue weighted by Gasteiger charge is -2.10. The van der Waals surface area contributed by atoms with Gasteiger partial charge in [-0.05, 0) is 46.3 Å². The number of nitrogens with two attached hydrogens (primary N) is 1. The number of nitrogens with one attached hydrogen (secondary N) is 1. The highest BCUT2D eigenvalue weighted by molar-refractivity contribution is 9.10. The number of hydrogen-bond acceptors (Lipinski definition) is 3. The van der Waals surface area contributed by atoms with Crippen LogP contribution in [0.15, 0.2) is 40.9 Å². The van der Waals surface area contributed by atoms with E-state index in [1.165, 1.54) is 0 Å². The summed E-state index contributed by atoms with van der Waals surface area (Å²) in [4.78, 5) is 12.2. The van der Waals surface area contributed by atoms with Gasteiger partial charge in [0.25, 0.3) is 5.91 Å². The zero-order valence-electron chi connectivity index (χ0n) is 10.6. The van der Waals surface area contributed by atoms with Crippen molar-refractivity contribution in [2.45, 2.75) is 0 Å². The first-order valence-corrected chi connectivity index (χ1v) is 6.87. The fraction of sp³-hybridized carbons (Fsp3) is 0.0714. The van der Waals surface area contributed by atoms with Gasteiger partial charge in [-0.15, -0.1) is 0 Å². The van der Waals surface area contributed by atoms with E-state index in [0.717, 1.165) is 4.47 Å². The largest absolute Gasteiger partial charge is 0.497 e. The predicted octanol–water partition coefficient (Wildman–Crippen LogP) is 3.95. The van der Waals surface area contributed by atoms with Gasteiger partial charge in [-0.2, -0.15) is 0 Å². The monoisotopic (exact) mass is 354 g/mol. The average molecular weight is 356 g/mol. The summed E-state index contributed by atoms with van der Waals surface area (Å²) in [5.41, 5.74) is 7.11. The lowest BCUT2D eigenvalue weighted by Crippen LogP contribution is -2.12. The molecule has 2 aromatic carbocycles. The number of amides is 1. The van der Waals surface area contributed by atoms with Crippen molar-refractivity contribution in [2.75, 3.05) is 18.2 Å². The van der Waals surface area contributed by atoms with Gasteiger partial charge in [-0.1, -0.05) is 11.6 Å². The molecule has 0 unspecified atom stereocenters. The van der Waals surface area contributed by atoms with Crippen LogP contribution in [0.3, 0.4) is 0 Å². The summed E-state index contributed by atoms with van der Waals surface area (Å²) in [5.74, 6) is 0.349. The number of ether oxygens (including phenoxy) is 1. The van der Waals surface area contributed by atoms with Crippen LogP contribution in [0, 0.1) is 0 Å². The number of carbonyl (C=O) groups is 1. The van der Waals surface area contributed by atoms with Gasteiger partial charge in [-0.25, -0.2) is 0 Å². The molecule has 3 N–H and O–H groups in total. The zero-order chi connectivity index (χ0) is 14.7. The summed E-state index contributed by atoms with van der Waals surface area (Å²) in [6, 6.07) is 10.0. The van der Waals surface area contributed by atoms with Crippen molar-refractivity contribution in [3.8, 4) is 5.75 Å². The zero-order valence-corrected chi connectivity index (χ0v) is 13.0. The normalized spacial score (nSPS) is 10.2. The van der Waals surface area contributed by atoms with Gasteiger partial charge < -0.3 is 15.8 Å². The molecular formula is C14H12BrClN2O2. The van der Waals surface area contributed by atoms with E-state index in [1.807, 2.05) is 0 Å². The van der Waals surface area contributed by atoms with Crippen LogP contribution in [-0.4, -0.2) is 13.0 Å². The number of halogens is 2. The van der Waals surface area contributed by atoms with Crippen LogP contribution in [0.2, 0.25) is 5.02 Å². The van der Waals surface area contributed by atoms with Crippen LogP contribution in [0.25, 0.3) is 0 Å². The summed E-state index contributed by atoms with van der Waals surface area (Å²) >= 11 is 9.26. The van der Waals surface area contributed by atoms with Gasteiger partial charge in [0.05, 0.1) is 12.8 Å². The molecule has 0 aromatic heterocycles. The molecule has 0 spiro atoms. The van der Waals surface area contributed by atoms with Crippen molar-refractivity contribution in [2.24, 2.45) is 0 Å². The maximum Gasteiger partial charge on any atom is 0.255 e. The van der Waals surface area contributed by atoms with E-state index in [0.29, 0.717) is 27.7 Å². The standard InChI is InChI=1S/C14H12BrClN2O2/c1-20-11-2-3-12(15)13(7-11)18-14(19)8-4-9(16)6-10(17)5-8/h2-7H,17H2,1H3,(H,18,19). The molecule has 2 aromatic rings. The van der Waals surface area contributed by atoms with E-state index in [-0.39, 0.29) is 5.91 Å². The molecule has 0 saturated carbocycles. The number of nitrogen functional groups attached to an aromatic ring is 1. The summed E-state index contributed by atoms with van der Waals surface area (Å²) < 4.78 is 5.87. The first kappa shape index (κ1) is 14.7. The Hall–Kier alpha value is -1.72. The van der Waals surface area contributed by atoms with Crippen LogP contribution in [0.5, 0.6) is 5.75 Å². The fourth-order valence-corrected chi connectivity index (χ4v) is 2.25. The second-order valence-corrected chi connectivity index (χ2v) is 5.36. The van der Waals surface area contributed by atoms with Crippen molar-refractivity contribution in [3.05, 3.63) is 51.5 Å². The third-order valence-corrected chi connectivity index (χ3v) is 3.51. The molecule has 0 atom stereocenters. The Labute approximate surface area is 130 Å². The molecule has 0 aliphatic heterocycles. The van der Waals surface area contributed by atoms with Gasteiger partial charge in [0.15, 0.2) is 0 Å². The van der Waals surface area contributed by atoms with Crippen LogP contribution < -0.4 is 15.8 Å². The molecule has 0 bridgehead atoms. The second kappa shape index (κ2) is 6.15. The summed E-state index contributed by atoms with van der Waals surface area (Å²) in [7, 11) is 1.56. The molecule has 20 heavy (non-hydrogen) atoms. The molecule has 2 rings (SSSR count). The maximum absolute atomic E-state index is 12.2. The van der Waals surface area contributed by atoms with Crippen LogP contribution in [-0.2, 0) is 0 Å². The van der Waals surface area contributed by atoms with E-state index in [1.54, 1.807) is 43.5 Å². The van der Waals surface area contributed by atoms with E-state index in [2.05, 4.69) is 21.2 Å². The van der Waals surface area contributed by atoms with Crippen LogP contribution in [0.1, 0.15) is 10.4 Å². The Morgan fingerprint density at radius 2 is 2.05 bits per heavy atom.